The molecule has 0 spiro atoms. The van der Waals surface area contributed by atoms with E-state index in [4.69, 9.17) is 0 Å². The summed E-state index contributed by atoms with van der Waals surface area (Å²) in [4.78, 5) is 16.4. The minimum atomic E-state index is -1.03. The molecule has 4 nitrogen and oxygen atoms in total. The third-order valence-corrected chi connectivity index (χ3v) is 4.96. The van der Waals surface area contributed by atoms with Crippen molar-refractivity contribution in [3.05, 3.63) is 22.5 Å². The van der Waals surface area contributed by atoms with Gasteiger partial charge in [0.15, 0.2) is 4.96 Å². The van der Waals surface area contributed by atoms with Gasteiger partial charge in [0, 0.05) is 29.2 Å². The van der Waals surface area contributed by atoms with E-state index in [0.717, 1.165) is 29.2 Å². The normalized spacial score (nSPS) is 19.0. The lowest BCUT2D eigenvalue weighted by Gasteiger charge is -2.25. The summed E-state index contributed by atoms with van der Waals surface area (Å²) in [6.45, 7) is 4.51. The molecule has 3 rings (SSSR count). The number of hydrogen-bond acceptors (Lipinski definition) is 4. The number of rotatable bonds is 3. The Morgan fingerprint density at radius 1 is 1.63 bits per heavy atom. The quantitative estimate of drug-likeness (QED) is 0.853. The minimum absolute atomic E-state index is 0.0326. The zero-order valence-electron chi connectivity index (χ0n) is 11.2. The first-order valence-electron chi connectivity index (χ1n) is 6.72. The number of aryl methyl sites for hydroxylation is 1. The van der Waals surface area contributed by atoms with Gasteiger partial charge in [-0.3, -0.25) is 4.40 Å². The fourth-order valence-corrected chi connectivity index (χ4v) is 3.87. The van der Waals surface area contributed by atoms with Gasteiger partial charge in [-0.25, -0.2) is 4.98 Å². The maximum absolute atomic E-state index is 10.8. The standard InChI is InChI=1S/C14H18N2O2S/c1-8(2)9-3-4-11-12(5-9)16-10(6-13(17)18)7-19-14(16)15-11/h7-9H,3-6H2,1-2H3,(H,17,18)/p-1. The highest BCUT2D eigenvalue weighted by Gasteiger charge is 2.26. The number of thiazole rings is 1. The first kappa shape index (κ1) is 12.7. The van der Waals surface area contributed by atoms with Crippen LogP contribution < -0.4 is 5.11 Å². The lowest BCUT2D eigenvalue weighted by atomic mass is 9.82. The molecule has 1 aliphatic rings. The third-order valence-electron chi connectivity index (χ3n) is 4.09. The highest BCUT2D eigenvalue weighted by Crippen LogP contribution is 2.32. The molecule has 0 fully saturated rings. The Labute approximate surface area is 116 Å². The van der Waals surface area contributed by atoms with Crippen LogP contribution in [0.3, 0.4) is 0 Å². The molecule has 1 unspecified atom stereocenters. The van der Waals surface area contributed by atoms with Crippen molar-refractivity contribution >= 4 is 22.3 Å². The Kier molecular flexibility index (Phi) is 3.09. The van der Waals surface area contributed by atoms with Gasteiger partial charge in [-0.1, -0.05) is 13.8 Å². The first-order valence-corrected chi connectivity index (χ1v) is 7.60. The Morgan fingerprint density at radius 2 is 2.42 bits per heavy atom. The first-order chi connectivity index (χ1) is 9.06. The lowest BCUT2D eigenvalue weighted by Crippen LogP contribution is -2.25. The molecule has 2 heterocycles. The number of carboxylic acids is 1. The smallest absolute Gasteiger partial charge is 0.194 e. The van der Waals surface area contributed by atoms with Gasteiger partial charge in [0.1, 0.15) is 0 Å². The number of carbonyl (C=O) groups excluding carboxylic acids is 1. The molecule has 2 aromatic rings. The Bertz CT molecular complexity index is 627. The highest BCUT2D eigenvalue weighted by atomic mass is 32.1. The summed E-state index contributed by atoms with van der Waals surface area (Å²) >= 11 is 1.52. The van der Waals surface area contributed by atoms with Crippen molar-refractivity contribution in [1.29, 1.82) is 0 Å². The SMILES string of the molecule is CC(C)C1CCc2nc3scc(CC(=O)[O-])n3c2C1. The van der Waals surface area contributed by atoms with Gasteiger partial charge in [-0.05, 0) is 31.1 Å². The van der Waals surface area contributed by atoms with Crippen molar-refractivity contribution in [2.24, 2.45) is 11.8 Å². The van der Waals surface area contributed by atoms with E-state index in [-0.39, 0.29) is 6.42 Å². The average Bonchev–Trinajstić information content (AvgIpc) is 2.87. The molecule has 0 aliphatic heterocycles. The van der Waals surface area contributed by atoms with Crippen LogP contribution in [0.2, 0.25) is 0 Å². The summed E-state index contributed by atoms with van der Waals surface area (Å²) in [6, 6.07) is 0. The second kappa shape index (κ2) is 4.63. The van der Waals surface area contributed by atoms with E-state index in [2.05, 4.69) is 18.8 Å². The number of carboxylic acid groups (broad SMARTS) is 1. The fraction of sp³-hybridized carbons (Fsp3) is 0.571. The largest absolute Gasteiger partial charge is 0.550 e. The molecule has 1 atom stereocenters. The molecule has 0 N–H and O–H groups in total. The topological polar surface area (TPSA) is 57.4 Å². The molecule has 0 amide bonds. The number of fused-ring (bicyclic) bond motifs is 3. The maximum atomic E-state index is 10.8. The molecule has 1 aliphatic carbocycles. The molecule has 0 radical (unpaired) electrons. The molecule has 0 bridgehead atoms. The lowest BCUT2D eigenvalue weighted by molar-refractivity contribution is -0.304. The molecule has 5 heteroatoms. The Hall–Kier alpha value is -1.36. The number of aliphatic carboxylic acids is 1. The summed E-state index contributed by atoms with van der Waals surface area (Å²) < 4.78 is 2.05. The van der Waals surface area contributed by atoms with E-state index in [1.165, 1.54) is 23.5 Å². The van der Waals surface area contributed by atoms with E-state index >= 15 is 0 Å². The summed E-state index contributed by atoms with van der Waals surface area (Å²) in [7, 11) is 0. The van der Waals surface area contributed by atoms with Crippen LogP contribution in [0.1, 0.15) is 37.4 Å². The molecule has 0 saturated carbocycles. The number of nitrogens with zero attached hydrogens (tertiary/aromatic N) is 2. The summed E-state index contributed by atoms with van der Waals surface area (Å²) in [6.07, 6.45) is 3.17. The van der Waals surface area contributed by atoms with E-state index < -0.39 is 5.97 Å². The van der Waals surface area contributed by atoms with Crippen molar-refractivity contribution in [1.82, 2.24) is 9.38 Å². The zero-order chi connectivity index (χ0) is 13.6. The van der Waals surface area contributed by atoms with Crippen LogP contribution in [0.25, 0.3) is 4.96 Å². The molecule has 19 heavy (non-hydrogen) atoms. The number of hydrogen-bond donors (Lipinski definition) is 0. The van der Waals surface area contributed by atoms with E-state index in [1.54, 1.807) is 0 Å². The Morgan fingerprint density at radius 3 is 3.11 bits per heavy atom. The van der Waals surface area contributed by atoms with Gasteiger partial charge in [0.25, 0.3) is 0 Å². The summed E-state index contributed by atoms with van der Waals surface area (Å²) in [5, 5.41) is 12.7. The van der Waals surface area contributed by atoms with Crippen molar-refractivity contribution in [2.45, 2.75) is 39.5 Å². The van der Waals surface area contributed by atoms with Crippen molar-refractivity contribution in [3.8, 4) is 0 Å². The molecule has 2 aromatic heterocycles. The molecule has 102 valence electrons. The van der Waals surface area contributed by atoms with E-state index in [9.17, 15) is 9.90 Å². The van der Waals surface area contributed by atoms with Gasteiger partial charge in [0.2, 0.25) is 0 Å². The second-order valence-electron chi connectivity index (χ2n) is 5.65. The Balaban J connectivity index is 2.05. The zero-order valence-corrected chi connectivity index (χ0v) is 12.0. The molecular formula is C14H17N2O2S-. The number of aromatic nitrogens is 2. The van der Waals surface area contributed by atoms with E-state index in [0.29, 0.717) is 11.8 Å². The van der Waals surface area contributed by atoms with Gasteiger partial charge < -0.3 is 9.90 Å². The molecule has 0 aromatic carbocycles. The monoisotopic (exact) mass is 277 g/mol. The van der Waals surface area contributed by atoms with Crippen LogP contribution in [0.4, 0.5) is 0 Å². The molecule has 0 saturated heterocycles. The second-order valence-corrected chi connectivity index (χ2v) is 6.48. The van der Waals surface area contributed by atoms with Crippen LogP contribution in [0.15, 0.2) is 5.38 Å². The fourth-order valence-electron chi connectivity index (χ4n) is 2.94. The predicted octanol–water partition coefficient (Wildman–Crippen LogP) is 1.45. The van der Waals surface area contributed by atoms with Crippen LogP contribution in [0.5, 0.6) is 0 Å². The molecular weight excluding hydrogens is 260 g/mol. The number of carbonyl (C=O) groups is 1. The van der Waals surface area contributed by atoms with Crippen LogP contribution >= 0.6 is 11.3 Å². The third kappa shape index (κ3) is 2.16. The van der Waals surface area contributed by atoms with Crippen molar-refractivity contribution in [2.75, 3.05) is 0 Å². The predicted molar refractivity (Wildman–Crippen MR) is 72.1 cm³/mol. The van der Waals surface area contributed by atoms with Gasteiger partial charge in [0.05, 0.1) is 5.69 Å². The maximum Gasteiger partial charge on any atom is 0.194 e. The van der Waals surface area contributed by atoms with Gasteiger partial charge in [-0.2, -0.15) is 0 Å². The van der Waals surface area contributed by atoms with Gasteiger partial charge >= 0.3 is 0 Å². The summed E-state index contributed by atoms with van der Waals surface area (Å²) in [5.41, 5.74) is 3.18. The minimum Gasteiger partial charge on any atom is -0.550 e. The van der Waals surface area contributed by atoms with Crippen LogP contribution in [-0.4, -0.2) is 15.4 Å². The van der Waals surface area contributed by atoms with E-state index in [1.807, 2.05) is 9.78 Å². The van der Waals surface area contributed by atoms with Crippen molar-refractivity contribution < 1.29 is 9.90 Å². The highest BCUT2D eigenvalue weighted by molar-refractivity contribution is 7.15. The van der Waals surface area contributed by atoms with Crippen molar-refractivity contribution in [3.63, 3.8) is 0 Å². The van der Waals surface area contributed by atoms with Gasteiger partial charge in [-0.15, -0.1) is 11.3 Å². The van der Waals surface area contributed by atoms with Crippen LogP contribution in [0, 0.1) is 11.8 Å². The van der Waals surface area contributed by atoms with Crippen LogP contribution in [-0.2, 0) is 24.1 Å². The summed E-state index contributed by atoms with van der Waals surface area (Å²) in [5.74, 6) is 0.295. The number of imidazole rings is 1. The average molecular weight is 277 g/mol.